The van der Waals surface area contributed by atoms with Gasteiger partial charge in [0.1, 0.15) is 5.75 Å². The molecule has 2 saturated carbocycles. The van der Waals surface area contributed by atoms with Crippen LogP contribution in [0.15, 0.2) is 24.3 Å². The van der Waals surface area contributed by atoms with E-state index in [9.17, 15) is 9.90 Å². The molecule has 2 fully saturated rings. The maximum Gasteiger partial charge on any atom is 0.223 e. The topological polar surface area (TPSA) is 84.6 Å². The van der Waals surface area contributed by atoms with Gasteiger partial charge < -0.3 is 20.9 Å². The van der Waals surface area contributed by atoms with E-state index in [1.54, 1.807) is 13.2 Å². The van der Waals surface area contributed by atoms with Crippen LogP contribution in [-0.4, -0.2) is 30.7 Å². The fourth-order valence-electron chi connectivity index (χ4n) is 4.31. The molecule has 3 rings (SSSR count). The SMILES string of the molecule is COc1cccc(C(O)CNC(=O)C2CC3CCCC(C2)C3N)c1.Cl. The Morgan fingerprint density at radius 2 is 2.04 bits per heavy atom. The number of benzene rings is 1. The van der Waals surface area contributed by atoms with Crippen molar-refractivity contribution in [1.29, 1.82) is 0 Å². The lowest BCUT2D eigenvalue weighted by Crippen LogP contribution is -2.49. The van der Waals surface area contributed by atoms with E-state index in [1.165, 1.54) is 6.42 Å². The number of ether oxygens (including phenoxy) is 1. The quantitative estimate of drug-likeness (QED) is 0.745. The summed E-state index contributed by atoms with van der Waals surface area (Å²) < 4.78 is 5.17. The van der Waals surface area contributed by atoms with E-state index in [2.05, 4.69) is 5.32 Å². The Labute approximate surface area is 155 Å². The third-order valence-electron chi connectivity index (χ3n) is 5.73. The molecule has 0 radical (unpaired) electrons. The average molecular weight is 369 g/mol. The van der Waals surface area contributed by atoms with Gasteiger partial charge in [-0.3, -0.25) is 4.79 Å². The first-order valence-corrected chi connectivity index (χ1v) is 8.93. The lowest BCUT2D eigenvalue weighted by atomic mass is 9.65. The number of nitrogens with two attached hydrogens (primary N) is 1. The number of methoxy groups -OCH3 is 1. The summed E-state index contributed by atoms with van der Waals surface area (Å²) in [5.41, 5.74) is 7.04. The highest BCUT2D eigenvalue weighted by Gasteiger charge is 2.40. The van der Waals surface area contributed by atoms with E-state index in [-0.39, 0.29) is 36.8 Å². The lowest BCUT2D eigenvalue weighted by Gasteiger charge is -2.43. The van der Waals surface area contributed by atoms with Crippen LogP contribution in [0.4, 0.5) is 0 Å². The molecule has 140 valence electrons. The van der Waals surface area contributed by atoms with Crippen LogP contribution in [-0.2, 0) is 4.79 Å². The normalized spacial score (nSPS) is 29.2. The smallest absolute Gasteiger partial charge is 0.223 e. The van der Waals surface area contributed by atoms with E-state index in [1.807, 2.05) is 18.2 Å². The summed E-state index contributed by atoms with van der Waals surface area (Å²) in [4.78, 5) is 12.5. The number of carbonyl (C=O) groups excluding carboxylic acids is 1. The Morgan fingerprint density at radius 3 is 2.68 bits per heavy atom. The zero-order valence-corrected chi connectivity index (χ0v) is 15.5. The number of halogens is 1. The molecule has 0 aromatic heterocycles. The van der Waals surface area contributed by atoms with Gasteiger partial charge in [-0.05, 0) is 55.2 Å². The van der Waals surface area contributed by atoms with Crippen molar-refractivity contribution in [3.05, 3.63) is 29.8 Å². The number of hydrogen-bond donors (Lipinski definition) is 3. The highest BCUT2D eigenvalue weighted by atomic mass is 35.5. The highest BCUT2D eigenvalue weighted by molar-refractivity contribution is 5.85. The molecule has 3 unspecified atom stereocenters. The van der Waals surface area contributed by atoms with E-state index in [0.717, 1.165) is 31.2 Å². The lowest BCUT2D eigenvalue weighted by molar-refractivity contribution is -0.128. The first kappa shape index (κ1) is 20.0. The molecule has 1 aromatic carbocycles. The Balaban J connectivity index is 0.00000225. The van der Waals surface area contributed by atoms with Gasteiger partial charge >= 0.3 is 0 Å². The number of aliphatic hydroxyl groups excluding tert-OH is 1. The van der Waals surface area contributed by atoms with Gasteiger partial charge in [-0.25, -0.2) is 0 Å². The molecule has 5 nitrogen and oxygen atoms in total. The Kier molecular flexibility index (Phi) is 7.11. The van der Waals surface area contributed by atoms with Crippen molar-refractivity contribution in [2.45, 2.75) is 44.2 Å². The van der Waals surface area contributed by atoms with Gasteiger partial charge in [0.25, 0.3) is 0 Å². The van der Waals surface area contributed by atoms with Crippen LogP contribution < -0.4 is 15.8 Å². The van der Waals surface area contributed by atoms with Gasteiger partial charge in [0.15, 0.2) is 0 Å². The molecular weight excluding hydrogens is 340 g/mol. The molecule has 4 N–H and O–H groups in total. The van der Waals surface area contributed by atoms with Gasteiger partial charge in [0.05, 0.1) is 13.2 Å². The zero-order chi connectivity index (χ0) is 17.1. The number of carbonyl (C=O) groups is 1. The largest absolute Gasteiger partial charge is 0.497 e. The van der Waals surface area contributed by atoms with Crippen molar-refractivity contribution in [3.8, 4) is 5.75 Å². The van der Waals surface area contributed by atoms with Gasteiger partial charge in [0.2, 0.25) is 5.91 Å². The number of amides is 1. The van der Waals surface area contributed by atoms with Crippen molar-refractivity contribution in [2.24, 2.45) is 23.5 Å². The maximum atomic E-state index is 12.5. The second kappa shape index (κ2) is 8.88. The van der Waals surface area contributed by atoms with Crippen molar-refractivity contribution >= 4 is 18.3 Å². The Hall–Kier alpha value is -1.30. The standard InChI is InChI=1S/C19H28N2O3.ClH/c1-24-16-7-3-4-12(10-16)17(22)11-21-19(23)15-8-13-5-2-6-14(9-15)18(13)20;/h3-4,7,10,13-15,17-18,22H,2,5-6,8-9,11,20H2,1H3,(H,21,23);1H. The van der Waals surface area contributed by atoms with Gasteiger partial charge in [-0.1, -0.05) is 18.6 Å². The molecule has 1 aromatic rings. The number of fused-ring (bicyclic) bond motifs is 2. The summed E-state index contributed by atoms with van der Waals surface area (Å²) >= 11 is 0. The molecule has 25 heavy (non-hydrogen) atoms. The molecule has 0 aliphatic heterocycles. The minimum absolute atomic E-state index is 0. The summed E-state index contributed by atoms with van der Waals surface area (Å²) in [6.07, 6.45) is 4.58. The molecular formula is C19H29ClN2O3. The zero-order valence-electron chi connectivity index (χ0n) is 14.7. The fourth-order valence-corrected chi connectivity index (χ4v) is 4.31. The van der Waals surface area contributed by atoms with Crippen molar-refractivity contribution < 1.29 is 14.6 Å². The number of hydrogen-bond acceptors (Lipinski definition) is 4. The summed E-state index contributed by atoms with van der Waals surface area (Å²) in [5, 5.41) is 13.2. The van der Waals surface area contributed by atoms with Gasteiger partial charge in [-0.15, -0.1) is 12.4 Å². The molecule has 0 spiro atoms. The molecule has 1 amide bonds. The third kappa shape index (κ3) is 4.66. The van der Waals surface area contributed by atoms with Crippen LogP contribution in [0, 0.1) is 17.8 Å². The molecule has 0 heterocycles. The predicted molar refractivity (Wildman–Crippen MR) is 99.7 cm³/mol. The average Bonchev–Trinajstić information content (AvgIpc) is 2.59. The van der Waals surface area contributed by atoms with Crippen molar-refractivity contribution in [1.82, 2.24) is 5.32 Å². The van der Waals surface area contributed by atoms with Crippen LogP contribution in [0.3, 0.4) is 0 Å². The van der Waals surface area contributed by atoms with Crippen molar-refractivity contribution in [2.75, 3.05) is 13.7 Å². The highest BCUT2D eigenvalue weighted by Crippen LogP contribution is 2.41. The van der Waals surface area contributed by atoms with Crippen LogP contribution in [0.5, 0.6) is 5.75 Å². The van der Waals surface area contributed by atoms with Crippen LogP contribution in [0.25, 0.3) is 0 Å². The molecule has 2 bridgehead atoms. The summed E-state index contributed by atoms with van der Waals surface area (Å²) in [6, 6.07) is 7.57. The first-order chi connectivity index (χ1) is 11.6. The maximum absolute atomic E-state index is 12.5. The van der Waals surface area contributed by atoms with E-state index in [4.69, 9.17) is 10.5 Å². The van der Waals surface area contributed by atoms with Crippen molar-refractivity contribution in [3.63, 3.8) is 0 Å². The summed E-state index contributed by atoms with van der Waals surface area (Å²) in [5.74, 6) is 1.76. The van der Waals surface area contributed by atoms with Gasteiger partial charge in [-0.2, -0.15) is 0 Å². The number of rotatable bonds is 5. The molecule has 3 atom stereocenters. The first-order valence-electron chi connectivity index (χ1n) is 8.93. The third-order valence-corrected chi connectivity index (χ3v) is 5.73. The molecule has 6 heteroatoms. The van der Waals surface area contributed by atoms with Crippen LogP contribution >= 0.6 is 12.4 Å². The second-order valence-electron chi connectivity index (χ2n) is 7.23. The van der Waals surface area contributed by atoms with E-state index in [0.29, 0.717) is 17.6 Å². The summed E-state index contributed by atoms with van der Waals surface area (Å²) in [7, 11) is 1.60. The Bertz CT molecular complexity index is 570. The minimum Gasteiger partial charge on any atom is -0.497 e. The van der Waals surface area contributed by atoms with Gasteiger partial charge in [0, 0.05) is 18.5 Å². The number of aliphatic hydroxyl groups is 1. The predicted octanol–water partition coefficient (Wildman–Crippen LogP) is 2.42. The molecule has 2 aliphatic carbocycles. The van der Waals surface area contributed by atoms with E-state index >= 15 is 0 Å². The Morgan fingerprint density at radius 1 is 1.36 bits per heavy atom. The summed E-state index contributed by atoms with van der Waals surface area (Å²) in [6.45, 7) is 0.226. The second-order valence-corrected chi connectivity index (χ2v) is 7.23. The van der Waals surface area contributed by atoms with E-state index < -0.39 is 6.10 Å². The molecule has 0 saturated heterocycles. The van der Waals surface area contributed by atoms with Crippen LogP contribution in [0.1, 0.15) is 43.8 Å². The number of nitrogens with one attached hydrogen (secondary N) is 1. The molecule has 2 aliphatic rings. The fraction of sp³-hybridized carbons (Fsp3) is 0.632. The minimum atomic E-state index is -0.727. The monoisotopic (exact) mass is 368 g/mol. The van der Waals surface area contributed by atoms with Crippen LogP contribution in [0.2, 0.25) is 0 Å².